The fourth-order valence-electron chi connectivity index (χ4n) is 3.41. The average Bonchev–Trinajstić information content (AvgIpc) is 2.94. The van der Waals surface area contributed by atoms with Crippen molar-refractivity contribution in [3.8, 4) is 17.2 Å². The van der Waals surface area contributed by atoms with Gasteiger partial charge in [0.05, 0.1) is 32.6 Å². The largest absolute Gasteiger partial charge is 0.494 e. The molecule has 1 heterocycles. The molecule has 0 radical (unpaired) electrons. The molecule has 204 valence electrons. The molecule has 1 fully saturated rings. The standard InChI is InChI=1S/C27H34N4O7/c1-3-5-14-37-22-9-7-21(8-10-22)29-26(33)27(34)30-28-18-20-6-11-23(24(17-20)36-4-2)38-19-25(32)31-12-15-35-16-13-31/h6-11,17-18H,3-5,12-16,19H2,1-2H3,(H,29,33)(H,30,34)/b28-18-. The van der Waals surface area contributed by atoms with E-state index < -0.39 is 11.8 Å². The zero-order chi connectivity index (χ0) is 27.2. The van der Waals surface area contributed by atoms with Gasteiger partial charge in [0.25, 0.3) is 5.91 Å². The summed E-state index contributed by atoms with van der Waals surface area (Å²) < 4.78 is 22.2. The highest BCUT2D eigenvalue weighted by Gasteiger charge is 2.18. The maximum Gasteiger partial charge on any atom is 0.329 e. The van der Waals surface area contributed by atoms with Crippen LogP contribution in [0.15, 0.2) is 47.6 Å². The third-order valence-electron chi connectivity index (χ3n) is 5.45. The molecule has 0 aromatic heterocycles. The maximum absolute atomic E-state index is 12.4. The number of nitrogens with one attached hydrogen (secondary N) is 2. The van der Waals surface area contributed by atoms with Crippen molar-refractivity contribution in [1.82, 2.24) is 10.3 Å². The van der Waals surface area contributed by atoms with Gasteiger partial charge < -0.3 is 29.2 Å². The van der Waals surface area contributed by atoms with Gasteiger partial charge in [-0.25, -0.2) is 5.43 Å². The second-order valence-corrected chi connectivity index (χ2v) is 8.30. The van der Waals surface area contributed by atoms with Gasteiger partial charge in [0.15, 0.2) is 18.1 Å². The number of carbonyl (C=O) groups is 3. The van der Waals surface area contributed by atoms with Crippen LogP contribution in [0.5, 0.6) is 17.2 Å². The Morgan fingerprint density at radius 3 is 2.45 bits per heavy atom. The van der Waals surface area contributed by atoms with E-state index in [0.717, 1.165) is 12.8 Å². The normalized spacial score (nSPS) is 13.2. The van der Waals surface area contributed by atoms with Crippen LogP contribution in [0.25, 0.3) is 0 Å². The van der Waals surface area contributed by atoms with E-state index in [2.05, 4.69) is 22.8 Å². The molecule has 1 aliphatic heterocycles. The van der Waals surface area contributed by atoms with Crippen LogP contribution in [0.3, 0.4) is 0 Å². The molecule has 0 saturated carbocycles. The lowest BCUT2D eigenvalue weighted by molar-refractivity contribution is -0.137. The minimum absolute atomic E-state index is 0.118. The number of hydrogen-bond donors (Lipinski definition) is 2. The lowest BCUT2D eigenvalue weighted by Crippen LogP contribution is -2.43. The summed E-state index contributed by atoms with van der Waals surface area (Å²) in [7, 11) is 0. The number of rotatable bonds is 12. The first kappa shape index (κ1) is 28.5. The third-order valence-corrected chi connectivity index (χ3v) is 5.45. The van der Waals surface area contributed by atoms with Crippen LogP contribution in [-0.2, 0) is 19.1 Å². The summed E-state index contributed by atoms with van der Waals surface area (Å²) in [5.41, 5.74) is 3.26. The minimum atomic E-state index is -0.920. The summed E-state index contributed by atoms with van der Waals surface area (Å²) >= 11 is 0. The van der Waals surface area contributed by atoms with E-state index in [9.17, 15) is 14.4 Å². The summed E-state index contributed by atoms with van der Waals surface area (Å²) in [5, 5.41) is 6.36. The molecular weight excluding hydrogens is 492 g/mol. The number of morpholine rings is 1. The number of anilines is 1. The second-order valence-electron chi connectivity index (χ2n) is 8.30. The van der Waals surface area contributed by atoms with Gasteiger partial charge in [0.2, 0.25) is 0 Å². The van der Waals surface area contributed by atoms with E-state index in [-0.39, 0.29) is 12.5 Å². The first-order valence-electron chi connectivity index (χ1n) is 12.6. The second kappa shape index (κ2) is 15.2. The van der Waals surface area contributed by atoms with Crippen molar-refractivity contribution < 1.29 is 33.3 Å². The SMILES string of the molecule is CCCCOc1ccc(NC(=O)C(=O)N/N=C\c2ccc(OCC(=O)N3CCOCC3)c(OCC)c2)cc1. The molecule has 2 N–H and O–H groups in total. The number of amides is 3. The van der Waals surface area contributed by atoms with E-state index in [1.54, 1.807) is 47.4 Å². The Morgan fingerprint density at radius 1 is 0.974 bits per heavy atom. The number of benzene rings is 2. The van der Waals surface area contributed by atoms with Crippen LogP contribution in [0.2, 0.25) is 0 Å². The predicted molar refractivity (Wildman–Crippen MR) is 142 cm³/mol. The molecular formula is C27H34N4O7. The number of hydrazone groups is 1. The van der Waals surface area contributed by atoms with E-state index >= 15 is 0 Å². The topological polar surface area (TPSA) is 128 Å². The quantitative estimate of drug-likeness (QED) is 0.188. The Balaban J connectivity index is 1.50. The number of unbranched alkanes of at least 4 members (excludes halogenated alkanes) is 1. The Bertz CT molecular complexity index is 1100. The summed E-state index contributed by atoms with van der Waals surface area (Å²) in [6, 6.07) is 11.8. The highest BCUT2D eigenvalue weighted by atomic mass is 16.5. The average molecular weight is 527 g/mol. The zero-order valence-electron chi connectivity index (χ0n) is 21.7. The fraction of sp³-hybridized carbons (Fsp3) is 0.407. The molecule has 2 aromatic carbocycles. The summed E-state index contributed by atoms with van der Waals surface area (Å²) in [5.74, 6) is -0.370. The molecule has 11 heteroatoms. The number of carbonyl (C=O) groups excluding carboxylic acids is 3. The molecule has 3 amide bonds. The summed E-state index contributed by atoms with van der Waals surface area (Å²) in [6.45, 7) is 6.92. The van der Waals surface area contributed by atoms with Gasteiger partial charge in [-0.15, -0.1) is 0 Å². The van der Waals surface area contributed by atoms with E-state index in [0.29, 0.717) is 68.0 Å². The summed E-state index contributed by atoms with van der Waals surface area (Å²) in [4.78, 5) is 38.4. The highest BCUT2D eigenvalue weighted by molar-refractivity contribution is 6.39. The van der Waals surface area contributed by atoms with Crippen LogP contribution in [0, 0.1) is 0 Å². The van der Waals surface area contributed by atoms with Crippen molar-refractivity contribution in [3.63, 3.8) is 0 Å². The maximum atomic E-state index is 12.4. The van der Waals surface area contributed by atoms with Crippen LogP contribution in [-0.4, -0.2) is 75.0 Å². The minimum Gasteiger partial charge on any atom is -0.494 e. The van der Waals surface area contributed by atoms with Crippen LogP contribution < -0.4 is 25.0 Å². The molecule has 38 heavy (non-hydrogen) atoms. The smallest absolute Gasteiger partial charge is 0.329 e. The molecule has 2 aromatic rings. The van der Waals surface area contributed by atoms with E-state index in [4.69, 9.17) is 18.9 Å². The molecule has 11 nitrogen and oxygen atoms in total. The molecule has 0 aliphatic carbocycles. The van der Waals surface area contributed by atoms with Crippen molar-refractivity contribution in [2.24, 2.45) is 5.10 Å². The first-order valence-corrected chi connectivity index (χ1v) is 12.6. The number of nitrogens with zero attached hydrogens (tertiary/aromatic N) is 2. The third kappa shape index (κ3) is 9.07. The molecule has 0 atom stereocenters. The van der Waals surface area contributed by atoms with Crippen LogP contribution >= 0.6 is 0 Å². The van der Waals surface area contributed by atoms with Crippen LogP contribution in [0.1, 0.15) is 32.3 Å². The predicted octanol–water partition coefficient (Wildman–Crippen LogP) is 2.59. The van der Waals surface area contributed by atoms with E-state index in [1.807, 2.05) is 6.92 Å². The molecule has 0 bridgehead atoms. The molecule has 1 saturated heterocycles. The van der Waals surface area contributed by atoms with E-state index in [1.165, 1.54) is 6.21 Å². The molecule has 3 rings (SSSR count). The van der Waals surface area contributed by atoms with Crippen molar-refractivity contribution >= 4 is 29.6 Å². The monoisotopic (exact) mass is 526 g/mol. The molecule has 1 aliphatic rings. The highest BCUT2D eigenvalue weighted by Crippen LogP contribution is 2.28. The summed E-state index contributed by atoms with van der Waals surface area (Å²) in [6.07, 6.45) is 3.37. The van der Waals surface area contributed by atoms with Crippen LogP contribution in [0.4, 0.5) is 5.69 Å². The Morgan fingerprint density at radius 2 is 1.74 bits per heavy atom. The number of ether oxygens (including phenoxy) is 4. The van der Waals surface area contributed by atoms with Crippen molar-refractivity contribution in [2.75, 3.05) is 51.4 Å². The zero-order valence-corrected chi connectivity index (χ0v) is 21.7. The lowest BCUT2D eigenvalue weighted by atomic mass is 10.2. The van der Waals surface area contributed by atoms with Gasteiger partial charge in [-0.3, -0.25) is 14.4 Å². The number of hydrogen-bond acceptors (Lipinski definition) is 8. The van der Waals surface area contributed by atoms with Crippen molar-refractivity contribution in [1.29, 1.82) is 0 Å². The lowest BCUT2D eigenvalue weighted by Gasteiger charge is -2.26. The first-order chi connectivity index (χ1) is 18.5. The Labute approximate surface area is 222 Å². The van der Waals surface area contributed by atoms with Gasteiger partial charge >= 0.3 is 11.8 Å². The van der Waals surface area contributed by atoms with Gasteiger partial charge in [0, 0.05) is 18.8 Å². The van der Waals surface area contributed by atoms with Crippen molar-refractivity contribution in [2.45, 2.75) is 26.7 Å². The van der Waals surface area contributed by atoms with Gasteiger partial charge in [-0.2, -0.15) is 5.10 Å². The molecule has 0 unspecified atom stereocenters. The Kier molecular flexibility index (Phi) is 11.4. The van der Waals surface area contributed by atoms with Crippen molar-refractivity contribution in [3.05, 3.63) is 48.0 Å². The van der Waals surface area contributed by atoms with Gasteiger partial charge in [-0.05, 0) is 61.4 Å². The fourth-order valence-corrected chi connectivity index (χ4v) is 3.41. The molecule has 0 spiro atoms. The van der Waals surface area contributed by atoms with Gasteiger partial charge in [-0.1, -0.05) is 13.3 Å². The van der Waals surface area contributed by atoms with Gasteiger partial charge in [0.1, 0.15) is 5.75 Å². The Hall–Kier alpha value is -4.12.